The first-order valence-electron chi connectivity index (χ1n) is 10.4. The summed E-state index contributed by atoms with van der Waals surface area (Å²) in [4.78, 5) is 17.0. The Balaban J connectivity index is 1.29. The average molecular weight is 436 g/mol. The lowest BCUT2D eigenvalue weighted by molar-refractivity contribution is -0.121. The number of carbonyl (C=O) groups excluding carboxylic acids is 1. The number of nitrogens with zero attached hydrogens (tertiary/aromatic N) is 1. The smallest absolute Gasteiger partial charge is 0.224 e. The van der Waals surface area contributed by atoms with E-state index in [1.165, 1.54) is 24.6 Å². The maximum Gasteiger partial charge on any atom is 0.224 e. The van der Waals surface area contributed by atoms with Gasteiger partial charge in [0.1, 0.15) is 0 Å². The van der Waals surface area contributed by atoms with Gasteiger partial charge in [-0.1, -0.05) is 50.6 Å². The molecule has 4 rings (SSSR count). The van der Waals surface area contributed by atoms with Crippen LogP contribution in [0.25, 0.3) is 0 Å². The van der Waals surface area contributed by atoms with Gasteiger partial charge in [-0.05, 0) is 36.0 Å². The fourth-order valence-electron chi connectivity index (χ4n) is 4.47. The SMILES string of the molecule is CC1CCCC(NC(=O)Cc2ccc(NC3=N[C@@H]4CS(=O)(=O)C[C@@H]4S3)cc2)C1C. The van der Waals surface area contributed by atoms with Crippen LogP contribution in [-0.2, 0) is 21.1 Å². The third kappa shape index (κ3) is 4.97. The summed E-state index contributed by atoms with van der Waals surface area (Å²) in [7, 11) is -2.93. The van der Waals surface area contributed by atoms with Crippen molar-refractivity contribution in [2.24, 2.45) is 16.8 Å². The Bertz CT molecular complexity index is 898. The number of fused-ring (bicyclic) bond motifs is 1. The van der Waals surface area contributed by atoms with Crippen molar-refractivity contribution in [1.82, 2.24) is 5.32 Å². The van der Waals surface area contributed by atoms with Gasteiger partial charge in [-0.3, -0.25) is 9.79 Å². The van der Waals surface area contributed by atoms with Gasteiger partial charge in [-0.2, -0.15) is 0 Å². The van der Waals surface area contributed by atoms with E-state index in [2.05, 4.69) is 29.5 Å². The highest BCUT2D eigenvalue weighted by Gasteiger charge is 2.42. The van der Waals surface area contributed by atoms with Crippen LogP contribution in [0, 0.1) is 11.8 Å². The molecule has 2 heterocycles. The standard InChI is InChI=1S/C21H29N3O3S2/c1-13-4-3-5-17(14(13)2)23-20(25)10-15-6-8-16(9-7-15)22-21-24-18-11-29(26,27)12-19(18)28-21/h6-9,13-14,17-19H,3-5,10-12H2,1-2H3,(H,22,24)(H,23,25)/t13?,14?,17?,18-,19+/m1/s1. The first-order chi connectivity index (χ1) is 13.8. The Hall–Kier alpha value is -1.54. The first kappa shape index (κ1) is 20.7. The highest BCUT2D eigenvalue weighted by Crippen LogP contribution is 2.34. The topological polar surface area (TPSA) is 87.6 Å². The molecule has 158 valence electrons. The lowest BCUT2D eigenvalue weighted by Crippen LogP contribution is -2.44. The van der Waals surface area contributed by atoms with E-state index in [4.69, 9.17) is 0 Å². The summed E-state index contributed by atoms with van der Waals surface area (Å²) >= 11 is 1.51. The number of amidine groups is 1. The zero-order chi connectivity index (χ0) is 20.6. The number of thioether (sulfide) groups is 1. The molecular formula is C21H29N3O3S2. The molecule has 1 aromatic carbocycles. The maximum atomic E-state index is 12.5. The van der Waals surface area contributed by atoms with E-state index in [1.807, 2.05) is 24.3 Å². The number of rotatable bonds is 4. The molecule has 0 aromatic heterocycles. The number of amides is 1. The molecule has 1 saturated carbocycles. The molecule has 1 aromatic rings. The van der Waals surface area contributed by atoms with Crippen LogP contribution in [0.2, 0.25) is 0 Å². The lowest BCUT2D eigenvalue weighted by Gasteiger charge is -2.34. The quantitative estimate of drug-likeness (QED) is 0.759. The van der Waals surface area contributed by atoms with E-state index in [-0.39, 0.29) is 34.7 Å². The van der Waals surface area contributed by atoms with Gasteiger partial charge >= 0.3 is 0 Å². The van der Waals surface area contributed by atoms with Crippen molar-refractivity contribution in [3.05, 3.63) is 29.8 Å². The molecule has 29 heavy (non-hydrogen) atoms. The molecular weight excluding hydrogens is 406 g/mol. The maximum absolute atomic E-state index is 12.5. The summed E-state index contributed by atoms with van der Waals surface area (Å²) < 4.78 is 23.3. The summed E-state index contributed by atoms with van der Waals surface area (Å²) in [5, 5.41) is 7.31. The zero-order valence-corrected chi connectivity index (χ0v) is 18.6. The number of anilines is 1. The van der Waals surface area contributed by atoms with Crippen molar-refractivity contribution in [3.63, 3.8) is 0 Å². The highest BCUT2D eigenvalue weighted by molar-refractivity contribution is 8.15. The highest BCUT2D eigenvalue weighted by atomic mass is 32.2. The molecule has 0 bridgehead atoms. The second kappa shape index (κ2) is 8.30. The van der Waals surface area contributed by atoms with Crippen LogP contribution in [0.4, 0.5) is 5.69 Å². The van der Waals surface area contributed by atoms with Crippen LogP contribution < -0.4 is 10.6 Å². The van der Waals surface area contributed by atoms with Crippen molar-refractivity contribution in [3.8, 4) is 0 Å². The van der Waals surface area contributed by atoms with Gasteiger partial charge in [-0.15, -0.1) is 0 Å². The fourth-order valence-corrected chi connectivity index (χ4v) is 8.15. The van der Waals surface area contributed by atoms with E-state index in [0.717, 1.165) is 22.8 Å². The summed E-state index contributed by atoms with van der Waals surface area (Å²) in [6.45, 7) is 4.51. The number of carbonyl (C=O) groups is 1. The van der Waals surface area contributed by atoms with Crippen LogP contribution in [0.15, 0.2) is 29.3 Å². The van der Waals surface area contributed by atoms with E-state index in [9.17, 15) is 13.2 Å². The van der Waals surface area contributed by atoms with Gasteiger partial charge in [0.2, 0.25) is 5.91 Å². The molecule has 0 spiro atoms. The molecule has 3 aliphatic rings. The Morgan fingerprint density at radius 3 is 2.66 bits per heavy atom. The molecule has 2 N–H and O–H groups in total. The van der Waals surface area contributed by atoms with Gasteiger partial charge in [0, 0.05) is 17.0 Å². The van der Waals surface area contributed by atoms with E-state index < -0.39 is 9.84 Å². The Kier molecular flexibility index (Phi) is 5.93. The van der Waals surface area contributed by atoms with E-state index >= 15 is 0 Å². The minimum Gasteiger partial charge on any atom is -0.353 e. The second-order valence-electron chi connectivity index (χ2n) is 8.67. The van der Waals surface area contributed by atoms with Crippen molar-refractivity contribution < 1.29 is 13.2 Å². The molecule has 2 fully saturated rings. The van der Waals surface area contributed by atoms with Crippen LogP contribution in [0.1, 0.15) is 38.7 Å². The van der Waals surface area contributed by atoms with Crippen molar-refractivity contribution >= 4 is 38.4 Å². The minimum absolute atomic E-state index is 0.0374. The fraction of sp³-hybridized carbons (Fsp3) is 0.619. The molecule has 5 atom stereocenters. The second-order valence-corrected chi connectivity index (χ2v) is 12.1. The van der Waals surface area contributed by atoms with Gasteiger partial charge in [0.15, 0.2) is 15.0 Å². The molecule has 1 aliphatic carbocycles. The van der Waals surface area contributed by atoms with Crippen molar-refractivity contribution in [2.45, 2.75) is 56.9 Å². The van der Waals surface area contributed by atoms with Crippen LogP contribution in [-0.4, -0.2) is 48.3 Å². The molecule has 0 radical (unpaired) electrons. The van der Waals surface area contributed by atoms with E-state index in [1.54, 1.807) is 0 Å². The minimum atomic E-state index is -2.93. The molecule has 1 saturated heterocycles. The van der Waals surface area contributed by atoms with Gasteiger partial charge in [0.05, 0.1) is 24.0 Å². The number of benzene rings is 1. The Labute approximate surface area is 177 Å². The van der Waals surface area contributed by atoms with Gasteiger partial charge in [-0.25, -0.2) is 8.42 Å². The number of hydrogen-bond donors (Lipinski definition) is 2. The number of hydrogen-bond acceptors (Lipinski definition) is 6. The predicted molar refractivity (Wildman–Crippen MR) is 119 cm³/mol. The van der Waals surface area contributed by atoms with Crippen molar-refractivity contribution in [1.29, 1.82) is 0 Å². The Morgan fingerprint density at radius 2 is 1.93 bits per heavy atom. The molecule has 1 amide bonds. The zero-order valence-electron chi connectivity index (χ0n) is 16.9. The van der Waals surface area contributed by atoms with Crippen molar-refractivity contribution in [2.75, 3.05) is 16.8 Å². The Morgan fingerprint density at radius 1 is 1.17 bits per heavy atom. The normalized spacial score (nSPS) is 33.0. The van der Waals surface area contributed by atoms with Crippen LogP contribution >= 0.6 is 11.8 Å². The van der Waals surface area contributed by atoms with Gasteiger partial charge < -0.3 is 10.6 Å². The van der Waals surface area contributed by atoms with Crippen LogP contribution in [0.5, 0.6) is 0 Å². The number of aliphatic imine (C=N–C) groups is 1. The number of nitrogens with one attached hydrogen (secondary N) is 2. The molecule has 6 nitrogen and oxygen atoms in total. The summed E-state index contributed by atoms with van der Waals surface area (Å²) in [6.07, 6.45) is 3.90. The molecule has 8 heteroatoms. The monoisotopic (exact) mass is 435 g/mol. The summed E-state index contributed by atoms with van der Waals surface area (Å²) in [6, 6.07) is 7.97. The summed E-state index contributed by atoms with van der Waals surface area (Å²) in [5.41, 5.74) is 1.88. The van der Waals surface area contributed by atoms with E-state index in [0.29, 0.717) is 18.3 Å². The molecule has 3 unspecified atom stereocenters. The third-order valence-corrected chi connectivity index (χ3v) is 9.58. The largest absolute Gasteiger partial charge is 0.353 e. The lowest BCUT2D eigenvalue weighted by atomic mass is 9.78. The summed E-state index contributed by atoms with van der Waals surface area (Å²) in [5.74, 6) is 1.64. The van der Waals surface area contributed by atoms with Gasteiger partial charge in [0.25, 0.3) is 0 Å². The van der Waals surface area contributed by atoms with Crippen LogP contribution in [0.3, 0.4) is 0 Å². The predicted octanol–water partition coefficient (Wildman–Crippen LogP) is 2.85. The third-order valence-electron chi connectivity index (χ3n) is 6.44. The average Bonchev–Trinajstić information content (AvgIpc) is 3.13. The first-order valence-corrected chi connectivity index (χ1v) is 13.1. The number of sulfone groups is 1. The molecule has 2 aliphatic heterocycles.